The number of hydrazone groups is 1. The maximum absolute atomic E-state index is 12.9. The zero-order chi connectivity index (χ0) is 24.3. The fourth-order valence-electron chi connectivity index (χ4n) is 3.78. The molecular weight excluding hydrogens is 452 g/mol. The Kier molecular flexibility index (Phi) is 6.51. The Morgan fingerprint density at radius 2 is 1.65 bits per heavy atom. The number of sulfonamides is 1. The van der Waals surface area contributed by atoms with Crippen LogP contribution in [-0.2, 0) is 10.0 Å². The average molecular weight is 477 g/mol. The number of hydrogen-bond donors (Lipinski definition) is 2. The molecule has 0 fully saturated rings. The first-order valence-corrected chi connectivity index (χ1v) is 12.2. The van der Waals surface area contributed by atoms with Crippen LogP contribution in [0.5, 0.6) is 5.75 Å². The van der Waals surface area contributed by atoms with Crippen molar-refractivity contribution < 1.29 is 17.9 Å². The molecule has 0 aliphatic rings. The molecule has 7 nitrogen and oxygen atoms in total. The highest BCUT2D eigenvalue weighted by atomic mass is 32.2. The second-order valence-electron chi connectivity index (χ2n) is 8.07. The van der Waals surface area contributed by atoms with E-state index in [4.69, 9.17) is 4.42 Å². The summed E-state index contributed by atoms with van der Waals surface area (Å²) >= 11 is 0. The maximum Gasteiger partial charge on any atom is 0.343 e. The Bertz CT molecular complexity index is 1510. The molecule has 174 valence electrons. The number of aryl methyl sites for hydroxylation is 1. The Balaban J connectivity index is 1.70. The molecule has 0 bridgehead atoms. The zero-order valence-corrected chi connectivity index (χ0v) is 19.5. The van der Waals surface area contributed by atoms with Gasteiger partial charge >= 0.3 is 5.63 Å². The molecule has 0 spiro atoms. The van der Waals surface area contributed by atoms with Gasteiger partial charge in [-0.05, 0) is 50.1 Å². The molecular formula is C26H24N2O5S. The maximum atomic E-state index is 12.9. The van der Waals surface area contributed by atoms with E-state index in [-0.39, 0.29) is 28.2 Å². The quantitative estimate of drug-likeness (QED) is 0.229. The molecule has 3 aromatic carbocycles. The first-order valence-electron chi connectivity index (χ1n) is 10.7. The van der Waals surface area contributed by atoms with E-state index in [1.807, 2.05) is 37.3 Å². The Morgan fingerprint density at radius 3 is 2.35 bits per heavy atom. The standard InChI is InChI=1S/C26H24N2O5S/c1-17-12-14-20(15-13-17)34(31,32)28-27-18(2)16-22(19-8-4-3-5-9-19)24-25(29)21-10-6-7-11-23(21)33-26(24)30/h3-15,22,28-29H,16H2,1-2H3/b27-18+. The van der Waals surface area contributed by atoms with Gasteiger partial charge in [0, 0.05) is 11.6 Å². The van der Waals surface area contributed by atoms with Crippen molar-refractivity contribution in [3.05, 3.63) is 106 Å². The van der Waals surface area contributed by atoms with Crippen LogP contribution in [0.15, 0.2) is 98.1 Å². The van der Waals surface area contributed by atoms with Gasteiger partial charge in [0.05, 0.1) is 15.8 Å². The molecule has 0 saturated carbocycles. The van der Waals surface area contributed by atoms with Gasteiger partial charge < -0.3 is 9.52 Å². The van der Waals surface area contributed by atoms with Crippen molar-refractivity contribution in [2.75, 3.05) is 0 Å². The highest BCUT2D eigenvalue weighted by molar-refractivity contribution is 7.89. The Hall–Kier alpha value is -3.91. The van der Waals surface area contributed by atoms with Gasteiger partial charge in [0.25, 0.3) is 10.0 Å². The van der Waals surface area contributed by atoms with Crippen LogP contribution in [0.1, 0.15) is 36.0 Å². The third-order valence-electron chi connectivity index (χ3n) is 5.56. The predicted octanol–water partition coefficient (Wildman–Crippen LogP) is 4.68. The van der Waals surface area contributed by atoms with Gasteiger partial charge in [-0.2, -0.15) is 13.5 Å². The van der Waals surface area contributed by atoms with Crippen LogP contribution in [0.25, 0.3) is 11.0 Å². The minimum atomic E-state index is -3.85. The fourth-order valence-corrected chi connectivity index (χ4v) is 4.65. The highest BCUT2D eigenvalue weighted by Crippen LogP contribution is 2.36. The van der Waals surface area contributed by atoms with Crippen molar-refractivity contribution in [2.24, 2.45) is 5.10 Å². The van der Waals surface area contributed by atoms with Crippen molar-refractivity contribution in [1.82, 2.24) is 4.83 Å². The second kappa shape index (κ2) is 9.52. The van der Waals surface area contributed by atoms with Crippen LogP contribution < -0.4 is 10.5 Å². The smallest absolute Gasteiger partial charge is 0.343 e. The van der Waals surface area contributed by atoms with Crippen LogP contribution in [0.2, 0.25) is 0 Å². The van der Waals surface area contributed by atoms with Gasteiger partial charge in [0.1, 0.15) is 11.3 Å². The van der Waals surface area contributed by atoms with Gasteiger partial charge in [-0.25, -0.2) is 9.63 Å². The molecule has 8 heteroatoms. The lowest BCUT2D eigenvalue weighted by molar-refractivity contribution is 0.452. The molecule has 4 aromatic rings. The van der Waals surface area contributed by atoms with E-state index in [2.05, 4.69) is 9.93 Å². The SMILES string of the molecule is C/C(CC(c1ccccc1)c1c(O)c2ccccc2oc1=O)=N\NS(=O)(=O)c1ccc(C)cc1. The van der Waals surface area contributed by atoms with Crippen molar-refractivity contribution in [2.45, 2.75) is 31.1 Å². The van der Waals surface area contributed by atoms with Crippen LogP contribution in [0.3, 0.4) is 0 Å². The third-order valence-corrected chi connectivity index (χ3v) is 6.78. The lowest BCUT2D eigenvalue weighted by Crippen LogP contribution is -2.21. The van der Waals surface area contributed by atoms with E-state index in [0.717, 1.165) is 11.1 Å². The zero-order valence-electron chi connectivity index (χ0n) is 18.7. The fraction of sp³-hybridized carbons (Fsp3) is 0.154. The summed E-state index contributed by atoms with van der Waals surface area (Å²) in [6.07, 6.45) is 0.178. The van der Waals surface area contributed by atoms with Gasteiger partial charge in [-0.15, -0.1) is 0 Å². The summed E-state index contributed by atoms with van der Waals surface area (Å²) in [5.74, 6) is -0.761. The van der Waals surface area contributed by atoms with Gasteiger partial charge in [0.15, 0.2) is 0 Å². The Morgan fingerprint density at radius 1 is 1.00 bits per heavy atom. The summed E-state index contributed by atoms with van der Waals surface area (Å²) in [4.78, 5) is 15.3. The summed E-state index contributed by atoms with van der Waals surface area (Å²) in [6, 6.07) is 22.4. The van der Waals surface area contributed by atoms with E-state index in [1.165, 1.54) is 12.1 Å². The van der Waals surface area contributed by atoms with E-state index in [1.54, 1.807) is 43.3 Å². The topological polar surface area (TPSA) is 109 Å². The first-order chi connectivity index (χ1) is 16.3. The number of hydrogen-bond acceptors (Lipinski definition) is 6. The molecule has 1 unspecified atom stereocenters. The largest absolute Gasteiger partial charge is 0.507 e. The Labute approximate surface area is 197 Å². The summed E-state index contributed by atoms with van der Waals surface area (Å²) < 4.78 is 30.7. The van der Waals surface area contributed by atoms with Crippen molar-refractivity contribution in [3.8, 4) is 5.75 Å². The number of fused-ring (bicyclic) bond motifs is 1. The molecule has 1 aromatic heterocycles. The van der Waals surface area contributed by atoms with Crippen LogP contribution >= 0.6 is 0 Å². The van der Waals surface area contributed by atoms with E-state index in [0.29, 0.717) is 11.1 Å². The van der Waals surface area contributed by atoms with Crippen molar-refractivity contribution >= 4 is 26.7 Å². The number of nitrogens with one attached hydrogen (secondary N) is 1. The van der Waals surface area contributed by atoms with Crippen molar-refractivity contribution in [1.29, 1.82) is 0 Å². The molecule has 0 saturated heterocycles. The van der Waals surface area contributed by atoms with Crippen LogP contribution in [-0.4, -0.2) is 19.2 Å². The monoisotopic (exact) mass is 476 g/mol. The number of rotatable bonds is 7. The minimum Gasteiger partial charge on any atom is -0.507 e. The summed E-state index contributed by atoms with van der Waals surface area (Å²) in [6.45, 7) is 3.53. The van der Waals surface area contributed by atoms with Crippen molar-refractivity contribution in [3.63, 3.8) is 0 Å². The predicted molar refractivity (Wildman–Crippen MR) is 132 cm³/mol. The molecule has 0 aliphatic carbocycles. The molecule has 34 heavy (non-hydrogen) atoms. The van der Waals surface area contributed by atoms with Gasteiger partial charge in [-0.3, -0.25) is 0 Å². The summed E-state index contributed by atoms with van der Waals surface area (Å²) in [5.41, 5.74) is 1.86. The normalized spacial score (nSPS) is 13.1. The third kappa shape index (κ3) is 4.87. The first kappa shape index (κ1) is 23.3. The molecule has 4 rings (SSSR count). The lowest BCUT2D eigenvalue weighted by Gasteiger charge is -2.18. The van der Waals surface area contributed by atoms with E-state index in [9.17, 15) is 18.3 Å². The minimum absolute atomic E-state index is 0.0980. The van der Waals surface area contributed by atoms with Crippen LogP contribution in [0.4, 0.5) is 0 Å². The lowest BCUT2D eigenvalue weighted by atomic mass is 9.87. The van der Waals surface area contributed by atoms with E-state index < -0.39 is 21.6 Å². The molecule has 1 heterocycles. The van der Waals surface area contributed by atoms with Gasteiger partial charge in [-0.1, -0.05) is 60.2 Å². The van der Waals surface area contributed by atoms with Crippen LogP contribution in [0, 0.1) is 6.92 Å². The number of nitrogens with zero attached hydrogens (tertiary/aromatic N) is 1. The molecule has 0 amide bonds. The molecule has 2 N–H and O–H groups in total. The number of para-hydroxylation sites is 1. The average Bonchev–Trinajstić information content (AvgIpc) is 2.83. The number of benzene rings is 3. The molecule has 0 aliphatic heterocycles. The second-order valence-corrected chi connectivity index (χ2v) is 9.73. The molecule has 1 atom stereocenters. The summed E-state index contributed by atoms with van der Waals surface area (Å²) in [5, 5.41) is 15.5. The summed E-state index contributed by atoms with van der Waals surface area (Å²) in [7, 11) is -3.85. The molecule has 0 radical (unpaired) electrons. The van der Waals surface area contributed by atoms with Gasteiger partial charge in [0.2, 0.25) is 0 Å². The number of aromatic hydroxyl groups is 1. The van der Waals surface area contributed by atoms with E-state index >= 15 is 0 Å². The highest BCUT2D eigenvalue weighted by Gasteiger charge is 2.25.